The van der Waals surface area contributed by atoms with Crippen LogP contribution < -0.4 is 9.84 Å². The van der Waals surface area contributed by atoms with Crippen molar-refractivity contribution in [1.82, 2.24) is 4.31 Å². The molecule has 2 aromatic rings. The van der Waals surface area contributed by atoms with E-state index in [2.05, 4.69) is 0 Å². The first kappa shape index (κ1) is 19.6. The minimum atomic E-state index is -3.58. The number of carbonyl (C=O) groups is 1. The average molecular weight is 407 g/mol. The first-order valence-corrected chi connectivity index (χ1v) is 10.9. The lowest BCUT2D eigenvalue weighted by molar-refractivity contribution is -0.295. The first-order chi connectivity index (χ1) is 12.9. The number of hydrogen-bond donors (Lipinski definition) is 0. The van der Waals surface area contributed by atoms with Crippen molar-refractivity contribution in [1.29, 1.82) is 0 Å². The first-order valence-electron chi connectivity index (χ1n) is 8.68. The summed E-state index contributed by atoms with van der Waals surface area (Å²) in [6, 6.07) is 10.0. The predicted octanol–water partition coefficient (Wildman–Crippen LogP) is 2.22. The molecule has 2 heterocycles. The van der Waals surface area contributed by atoms with Crippen LogP contribution in [-0.4, -0.2) is 38.4 Å². The van der Waals surface area contributed by atoms with Gasteiger partial charge in [0.2, 0.25) is 0 Å². The molecule has 1 aliphatic rings. The van der Waals surface area contributed by atoms with Crippen LogP contribution in [0.4, 0.5) is 0 Å². The van der Waals surface area contributed by atoms with Crippen molar-refractivity contribution >= 4 is 39.0 Å². The van der Waals surface area contributed by atoms with Crippen molar-refractivity contribution in [2.45, 2.75) is 24.0 Å². The highest BCUT2D eigenvalue weighted by Gasteiger charge is 2.28. The van der Waals surface area contributed by atoms with E-state index in [0.717, 1.165) is 24.2 Å². The van der Waals surface area contributed by atoms with E-state index in [4.69, 9.17) is 4.74 Å². The highest BCUT2D eigenvalue weighted by Crippen LogP contribution is 2.33. The summed E-state index contributed by atoms with van der Waals surface area (Å²) in [5.41, 5.74) is 0.519. The normalized spacial score (nSPS) is 15.8. The van der Waals surface area contributed by atoms with Gasteiger partial charge in [-0.3, -0.25) is 0 Å². The lowest BCUT2D eigenvalue weighted by atomic mass is 10.1. The summed E-state index contributed by atoms with van der Waals surface area (Å²) in [7, 11) is -3.58. The Labute approximate surface area is 162 Å². The number of rotatable bonds is 7. The zero-order chi connectivity index (χ0) is 19.4. The maximum absolute atomic E-state index is 12.7. The number of carboxylic acid groups (broad SMARTS) is 1. The number of aliphatic carboxylic acids is 1. The van der Waals surface area contributed by atoms with Crippen LogP contribution in [0.5, 0.6) is 5.75 Å². The molecule has 1 aromatic carbocycles. The number of hydrogen-bond acceptors (Lipinski definition) is 6. The molecular formula is C19H20NO5S2-. The molecule has 0 aliphatic carbocycles. The summed E-state index contributed by atoms with van der Waals surface area (Å²) in [5, 5.41) is 11.7. The zero-order valence-electron chi connectivity index (χ0n) is 14.9. The summed E-state index contributed by atoms with van der Waals surface area (Å²) in [4.78, 5) is 12.0. The largest absolute Gasteiger partial charge is 0.545 e. The van der Waals surface area contributed by atoms with Crippen molar-refractivity contribution in [3.05, 3.63) is 46.8 Å². The van der Waals surface area contributed by atoms with Gasteiger partial charge in [-0.2, -0.15) is 4.31 Å². The monoisotopic (exact) mass is 406 g/mol. The van der Waals surface area contributed by atoms with Gasteiger partial charge in [0, 0.05) is 29.1 Å². The summed E-state index contributed by atoms with van der Waals surface area (Å²) in [5.74, 6) is -0.812. The van der Waals surface area contributed by atoms with E-state index >= 15 is 0 Å². The highest BCUT2D eigenvalue weighted by atomic mass is 32.2. The van der Waals surface area contributed by atoms with Crippen LogP contribution in [-0.2, 0) is 14.8 Å². The zero-order valence-corrected chi connectivity index (χ0v) is 16.5. The van der Waals surface area contributed by atoms with Crippen molar-refractivity contribution in [2.24, 2.45) is 0 Å². The molecule has 6 nitrogen and oxygen atoms in total. The summed E-state index contributed by atoms with van der Waals surface area (Å²) in [6.45, 7) is 3.29. The van der Waals surface area contributed by atoms with Crippen LogP contribution in [0.25, 0.3) is 11.6 Å². The molecule has 0 radical (unpaired) electrons. The lowest BCUT2D eigenvalue weighted by Gasteiger charge is -2.13. The van der Waals surface area contributed by atoms with Crippen LogP contribution in [0.2, 0.25) is 0 Å². The number of para-hydroxylation sites is 1. The van der Waals surface area contributed by atoms with Gasteiger partial charge in [-0.1, -0.05) is 18.2 Å². The van der Waals surface area contributed by atoms with Gasteiger partial charge in [-0.15, -0.1) is 11.3 Å². The molecule has 3 rings (SSSR count). The second-order valence-corrected chi connectivity index (χ2v) is 9.29. The standard InChI is InChI=1S/C19H21NO5S2/c1-2-25-16-8-4-3-7-14(16)13-15(19(21)22)17-9-10-18(26-17)27(23,24)20-11-5-6-12-20/h3-4,7-10,13H,2,5-6,11-12H2,1H3,(H,21,22)/p-1/b15-13-. The fourth-order valence-electron chi connectivity index (χ4n) is 2.93. The molecule has 27 heavy (non-hydrogen) atoms. The molecule has 0 amide bonds. The van der Waals surface area contributed by atoms with E-state index in [9.17, 15) is 18.3 Å². The molecule has 8 heteroatoms. The molecule has 1 fully saturated rings. The van der Waals surface area contributed by atoms with Crippen LogP contribution in [0.3, 0.4) is 0 Å². The summed E-state index contributed by atoms with van der Waals surface area (Å²) in [6.07, 6.45) is 3.14. The Morgan fingerprint density at radius 1 is 1.22 bits per heavy atom. The van der Waals surface area contributed by atoms with Crippen molar-refractivity contribution in [2.75, 3.05) is 19.7 Å². The molecule has 0 atom stereocenters. The molecule has 0 unspecified atom stereocenters. The third kappa shape index (κ3) is 4.23. The molecule has 0 bridgehead atoms. The van der Waals surface area contributed by atoms with Gasteiger partial charge in [0.15, 0.2) is 0 Å². The van der Waals surface area contributed by atoms with Crippen molar-refractivity contribution < 1.29 is 23.1 Å². The second-order valence-electron chi connectivity index (χ2n) is 6.05. The van der Waals surface area contributed by atoms with Gasteiger partial charge < -0.3 is 14.6 Å². The van der Waals surface area contributed by atoms with Crippen molar-refractivity contribution in [3.63, 3.8) is 0 Å². The Kier molecular flexibility index (Phi) is 5.98. The maximum atomic E-state index is 12.7. The lowest BCUT2D eigenvalue weighted by Crippen LogP contribution is -2.27. The predicted molar refractivity (Wildman–Crippen MR) is 103 cm³/mol. The fourth-order valence-corrected chi connectivity index (χ4v) is 5.91. The van der Waals surface area contributed by atoms with E-state index in [0.29, 0.717) is 35.9 Å². The van der Waals surface area contributed by atoms with E-state index in [1.54, 1.807) is 24.3 Å². The molecule has 144 valence electrons. The SMILES string of the molecule is CCOc1ccccc1/C=C(\C(=O)[O-])c1ccc(S(=O)(=O)N2CCCC2)s1. The number of sulfonamides is 1. The fraction of sp³-hybridized carbons (Fsp3) is 0.316. The Morgan fingerprint density at radius 3 is 2.59 bits per heavy atom. The second kappa shape index (κ2) is 8.24. The Hall–Kier alpha value is -2.16. The van der Waals surface area contributed by atoms with Crippen LogP contribution in [0, 0.1) is 0 Å². The van der Waals surface area contributed by atoms with Gasteiger partial charge in [-0.25, -0.2) is 8.42 Å². The maximum Gasteiger partial charge on any atom is 0.252 e. The van der Waals surface area contributed by atoms with E-state index in [1.165, 1.54) is 22.5 Å². The number of ether oxygens (including phenoxy) is 1. The van der Waals surface area contributed by atoms with Crippen LogP contribution in [0.1, 0.15) is 30.2 Å². The average Bonchev–Trinajstić information content (AvgIpc) is 3.33. The molecular weight excluding hydrogens is 386 g/mol. The van der Waals surface area contributed by atoms with E-state index in [-0.39, 0.29) is 9.78 Å². The van der Waals surface area contributed by atoms with Crippen LogP contribution in [0.15, 0.2) is 40.6 Å². The molecule has 0 spiro atoms. The molecule has 1 saturated heterocycles. The van der Waals surface area contributed by atoms with Crippen molar-refractivity contribution in [3.8, 4) is 5.75 Å². The topological polar surface area (TPSA) is 86.7 Å². The third-order valence-corrected chi connectivity index (χ3v) is 7.73. The molecule has 1 aliphatic heterocycles. The summed E-state index contributed by atoms with van der Waals surface area (Å²) >= 11 is 0.942. The van der Waals surface area contributed by atoms with E-state index in [1.807, 2.05) is 6.92 Å². The molecule has 1 aromatic heterocycles. The minimum Gasteiger partial charge on any atom is -0.545 e. The van der Waals surface area contributed by atoms with Gasteiger partial charge in [0.25, 0.3) is 10.0 Å². The number of carboxylic acids is 1. The Bertz CT molecular complexity index is 956. The Morgan fingerprint density at radius 2 is 1.93 bits per heavy atom. The minimum absolute atomic E-state index is 0.0741. The number of nitrogens with zero attached hydrogens (tertiary/aromatic N) is 1. The van der Waals surface area contributed by atoms with E-state index < -0.39 is 16.0 Å². The number of benzene rings is 1. The quantitative estimate of drug-likeness (QED) is 0.658. The Balaban J connectivity index is 1.98. The van der Waals surface area contributed by atoms with Gasteiger partial charge in [-0.05, 0) is 44.0 Å². The molecule has 0 saturated carbocycles. The smallest absolute Gasteiger partial charge is 0.252 e. The van der Waals surface area contributed by atoms with Gasteiger partial charge in [0.05, 0.1) is 12.6 Å². The number of carbonyl (C=O) groups excluding carboxylic acids is 1. The third-order valence-electron chi connectivity index (χ3n) is 4.24. The van der Waals surface area contributed by atoms with Crippen LogP contribution >= 0.6 is 11.3 Å². The van der Waals surface area contributed by atoms with Gasteiger partial charge in [0.1, 0.15) is 9.96 Å². The molecule has 0 N–H and O–H groups in total. The summed E-state index contributed by atoms with van der Waals surface area (Å²) < 4.78 is 32.4. The number of thiophene rings is 1. The van der Waals surface area contributed by atoms with Gasteiger partial charge >= 0.3 is 0 Å². The highest BCUT2D eigenvalue weighted by molar-refractivity contribution is 7.91.